The van der Waals surface area contributed by atoms with E-state index < -0.39 is 0 Å². The highest BCUT2D eigenvalue weighted by atomic mass is 32.1. The molecule has 4 heteroatoms. The fourth-order valence-electron chi connectivity index (χ4n) is 3.97. The minimum atomic E-state index is 0.363. The summed E-state index contributed by atoms with van der Waals surface area (Å²) in [5, 5.41) is 0. The van der Waals surface area contributed by atoms with Gasteiger partial charge in [-0.1, -0.05) is 6.92 Å². The fourth-order valence-corrected chi connectivity index (χ4v) is 5.13. The Balaban J connectivity index is 1.56. The summed E-state index contributed by atoms with van der Waals surface area (Å²) in [4.78, 5) is 5.75. The fraction of sp³-hybridized carbons (Fsp3) is 0.444. The van der Waals surface area contributed by atoms with E-state index >= 15 is 0 Å². The third kappa shape index (κ3) is 1.83. The van der Waals surface area contributed by atoms with E-state index in [0.29, 0.717) is 12.8 Å². The van der Waals surface area contributed by atoms with Crippen LogP contribution in [-0.4, -0.2) is 18.2 Å². The Kier molecular flexibility index (Phi) is 2.79. The summed E-state index contributed by atoms with van der Waals surface area (Å²) < 4.78 is 11.1. The van der Waals surface area contributed by atoms with Crippen LogP contribution >= 0.6 is 11.3 Å². The molecule has 4 heterocycles. The molecule has 2 aromatic rings. The molecule has 3 aliphatic rings. The second-order valence-electron chi connectivity index (χ2n) is 6.36. The van der Waals surface area contributed by atoms with Crippen molar-refractivity contribution in [1.82, 2.24) is 4.90 Å². The number of thiophene rings is 1. The summed E-state index contributed by atoms with van der Waals surface area (Å²) in [7, 11) is 0. The number of hydrogen-bond donors (Lipinski definition) is 0. The highest BCUT2D eigenvalue weighted by Gasteiger charge is 2.34. The Bertz CT molecular complexity index is 752. The van der Waals surface area contributed by atoms with Crippen molar-refractivity contribution in [3.63, 3.8) is 0 Å². The van der Waals surface area contributed by atoms with E-state index in [1.165, 1.54) is 16.0 Å². The van der Waals surface area contributed by atoms with Crippen molar-refractivity contribution in [2.75, 3.05) is 13.3 Å². The number of aryl methyl sites for hydroxylation is 1. The summed E-state index contributed by atoms with van der Waals surface area (Å²) in [6, 6.07) is 7.37. The monoisotopic (exact) mass is 313 g/mol. The van der Waals surface area contributed by atoms with Crippen molar-refractivity contribution in [3.05, 3.63) is 44.6 Å². The quantitative estimate of drug-likeness (QED) is 0.801. The summed E-state index contributed by atoms with van der Waals surface area (Å²) in [5.74, 6) is 1.85. The number of rotatable bonds is 1. The predicted molar refractivity (Wildman–Crippen MR) is 86.8 cm³/mol. The lowest BCUT2D eigenvalue weighted by molar-refractivity contribution is 0.162. The molecule has 0 N–H and O–H groups in total. The molecule has 114 valence electrons. The molecular weight excluding hydrogens is 294 g/mol. The average molecular weight is 313 g/mol. The molecule has 0 spiro atoms. The molecule has 1 aromatic heterocycles. The van der Waals surface area contributed by atoms with Crippen molar-refractivity contribution in [2.24, 2.45) is 0 Å². The molecule has 3 aliphatic heterocycles. The zero-order valence-corrected chi connectivity index (χ0v) is 13.5. The first kappa shape index (κ1) is 13.0. The zero-order chi connectivity index (χ0) is 14.7. The molecule has 3 nitrogen and oxygen atoms in total. The van der Waals surface area contributed by atoms with Gasteiger partial charge in [-0.05, 0) is 47.7 Å². The first-order valence-electron chi connectivity index (χ1n) is 8.08. The van der Waals surface area contributed by atoms with E-state index in [-0.39, 0.29) is 0 Å². The van der Waals surface area contributed by atoms with E-state index in [1.54, 1.807) is 10.4 Å². The number of benzene rings is 1. The third-order valence-corrected chi connectivity index (χ3v) is 6.49. The van der Waals surface area contributed by atoms with Crippen LogP contribution in [0.2, 0.25) is 0 Å². The molecule has 22 heavy (non-hydrogen) atoms. The van der Waals surface area contributed by atoms with Crippen LogP contribution in [0.3, 0.4) is 0 Å². The van der Waals surface area contributed by atoms with Gasteiger partial charge in [0.25, 0.3) is 0 Å². The summed E-state index contributed by atoms with van der Waals surface area (Å²) >= 11 is 2.01. The maximum absolute atomic E-state index is 5.60. The molecule has 0 radical (unpaired) electrons. The van der Waals surface area contributed by atoms with Crippen molar-refractivity contribution in [3.8, 4) is 11.5 Å². The van der Waals surface area contributed by atoms with E-state index in [4.69, 9.17) is 9.47 Å². The Morgan fingerprint density at radius 3 is 2.91 bits per heavy atom. The van der Waals surface area contributed by atoms with Crippen LogP contribution in [0.5, 0.6) is 11.5 Å². The van der Waals surface area contributed by atoms with Crippen LogP contribution in [0.4, 0.5) is 0 Å². The Morgan fingerprint density at radius 2 is 2.05 bits per heavy atom. The van der Waals surface area contributed by atoms with Crippen molar-refractivity contribution in [1.29, 1.82) is 0 Å². The Morgan fingerprint density at radius 1 is 1.18 bits per heavy atom. The molecule has 5 rings (SSSR count). The van der Waals surface area contributed by atoms with E-state index in [9.17, 15) is 0 Å². The molecule has 0 saturated carbocycles. The maximum Gasteiger partial charge on any atom is 0.231 e. The van der Waals surface area contributed by atoms with E-state index in [0.717, 1.165) is 43.9 Å². The summed E-state index contributed by atoms with van der Waals surface area (Å²) in [5.41, 5.74) is 4.45. The lowest BCUT2D eigenvalue weighted by Crippen LogP contribution is -2.38. The number of nitrogens with zero attached hydrogens (tertiary/aromatic N) is 1. The third-order valence-electron chi connectivity index (χ3n) is 5.15. The molecular formula is C18H19NO2S. The van der Waals surface area contributed by atoms with Crippen molar-refractivity contribution in [2.45, 2.75) is 38.8 Å². The standard InChI is InChI=1S/C18H19NO2S/c1-2-13-5-12-9-19-4-3-11-6-16-17(21-10-20-16)7-14(11)15(19)8-18(12)22-13/h5-7,15H,2-4,8-10H2,1H3/t15-/m0/s1. The van der Waals surface area contributed by atoms with Crippen molar-refractivity contribution < 1.29 is 9.47 Å². The average Bonchev–Trinajstić information content (AvgIpc) is 3.16. The van der Waals surface area contributed by atoms with Crippen LogP contribution in [0.15, 0.2) is 18.2 Å². The van der Waals surface area contributed by atoms with Gasteiger partial charge in [0.2, 0.25) is 6.79 Å². The Hall–Kier alpha value is -1.52. The van der Waals surface area contributed by atoms with Gasteiger partial charge in [-0.15, -0.1) is 11.3 Å². The lowest BCUT2D eigenvalue weighted by Gasteiger charge is -2.40. The number of fused-ring (bicyclic) bond motifs is 5. The molecule has 0 aliphatic carbocycles. The second-order valence-corrected chi connectivity index (χ2v) is 7.58. The highest BCUT2D eigenvalue weighted by molar-refractivity contribution is 7.12. The lowest BCUT2D eigenvalue weighted by atomic mass is 9.86. The SMILES string of the molecule is CCc1cc2c(s1)C[C@H]1c3cc4c(cc3CCN1C2)OCO4. The number of hydrogen-bond acceptors (Lipinski definition) is 4. The van der Waals surface area contributed by atoms with E-state index in [1.807, 2.05) is 11.3 Å². The topological polar surface area (TPSA) is 21.7 Å². The van der Waals surface area contributed by atoms with Crippen molar-refractivity contribution >= 4 is 11.3 Å². The molecule has 0 saturated heterocycles. The molecule has 0 fully saturated rings. The van der Waals surface area contributed by atoms with Gasteiger partial charge in [0, 0.05) is 35.3 Å². The van der Waals surface area contributed by atoms with Gasteiger partial charge >= 0.3 is 0 Å². The largest absolute Gasteiger partial charge is 0.454 e. The van der Waals surface area contributed by atoms with Gasteiger partial charge in [-0.3, -0.25) is 4.90 Å². The smallest absolute Gasteiger partial charge is 0.231 e. The van der Waals surface area contributed by atoms with E-state index in [2.05, 4.69) is 30.0 Å². The van der Waals surface area contributed by atoms with Crippen LogP contribution < -0.4 is 9.47 Å². The molecule has 0 amide bonds. The molecule has 0 bridgehead atoms. The highest BCUT2D eigenvalue weighted by Crippen LogP contribution is 2.45. The summed E-state index contributed by atoms with van der Waals surface area (Å²) in [6.45, 7) is 4.86. The van der Waals surface area contributed by atoms with Crippen LogP contribution in [0.25, 0.3) is 0 Å². The first-order valence-corrected chi connectivity index (χ1v) is 8.90. The van der Waals surface area contributed by atoms with Gasteiger partial charge in [0.1, 0.15) is 0 Å². The molecule has 0 unspecified atom stereocenters. The minimum Gasteiger partial charge on any atom is -0.454 e. The summed E-state index contributed by atoms with van der Waals surface area (Å²) in [6.07, 6.45) is 3.41. The van der Waals surface area contributed by atoms with Crippen LogP contribution in [0.1, 0.15) is 39.4 Å². The first-order chi connectivity index (χ1) is 10.8. The van der Waals surface area contributed by atoms with Gasteiger partial charge in [-0.25, -0.2) is 0 Å². The normalized spacial score (nSPS) is 22.1. The van der Waals surface area contributed by atoms with Crippen LogP contribution in [0, 0.1) is 0 Å². The Labute approximate surface area is 134 Å². The predicted octanol–water partition coefficient (Wildman–Crippen LogP) is 3.69. The van der Waals surface area contributed by atoms with Gasteiger partial charge in [0.05, 0.1) is 0 Å². The molecule has 1 aromatic carbocycles. The second kappa shape index (κ2) is 4.74. The number of ether oxygens (including phenoxy) is 2. The maximum atomic E-state index is 5.60. The molecule has 1 atom stereocenters. The minimum absolute atomic E-state index is 0.363. The van der Waals surface area contributed by atoms with Gasteiger partial charge < -0.3 is 9.47 Å². The van der Waals surface area contributed by atoms with Crippen LogP contribution in [-0.2, 0) is 25.8 Å². The van der Waals surface area contributed by atoms with Gasteiger partial charge in [0.15, 0.2) is 11.5 Å². The zero-order valence-electron chi connectivity index (χ0n) is 12.7. The van der Waals surface area contributed by atoms with Gasteiger partial charge in [-0.2, -0.15) is 0 Å².